The van der Waals surface area contributed by atoms with Crippen LogP contribution in [-0.4, -0.2) is 27.7 Å². The van der Waals surface area contributed by atoms with Gasteiger partial charge in [-0.3, -0.25) is 4.79 Å². The Morgan fingerprint density at radius 1 is 1.44 bits per heavy atom. The highest BCUT2D eigenvalue weighted by Crippen LogP contribution is 2.47. The molecule has 0 radical (unpaired) electrons. The molecule has 2 N–H and O–H groups in total. The standard InChI is InChI=1S/C13H22O3/c1-9-7-11(15)8-12(3,4)13(9,16)6-5-10(2)14/h5-6,9,11,15-16H,7-8H2,1-4H3/b6-5+/t9-,11+,13+/m0/s1. The van der Waals surface area contributed by atoms with Crippen LogP contribution in [0.15, 0.2) is 12.2 Å². The lowest BCUT2D eigenvalue weighted by Gasteiger charge is -2.50. The maximum atomic E-state index is 11.0. The molecule has 1 aliphatic rings. The summed E-state index contributed by atoms with van der Waals surface area (Å²) in [4.78, 5) is 11.0. The third-order valence-electron chi connectivity index (χ3n) is 3.78. The molecule has 0 saturated heterocycles. The zero-order chi connectivity index (χ0) is 12.6. The van der Waals surface area contributed by atoms with E-state index in [0.717, 1.165) is 0 Å². The smallest absolute Gasteiger partial charge is 0.152 e. The predicted molar refractivity (Wildman–Crippen MR) is 63.0 cm³/mol. The van der Waals surface area contributed by atoms with Crippen LogP contribution in [0.3, 0.4) is 0 Å². The van der Waals surface area contributed by atoms with E-state index >= 15 is 0 Å². The Bertz CT molecular complexity index is 306. The number of carbonyl (C=O) groups is 1. The summed E-state index contributed by atoms with van der Waals surface area (Å²) in [5.74, 6) is -0.121. The molecule has 3 nitrogen and oxygen atoms in total. The molecule has 0 unspecified atom stereocenters. The van der Waals surface area contributed by atoms with Crippen molar-refractivity contribution < 1.29 is 15.0 Å². The average Bonchev–Trinajstić information content (AvgIpc) is 2.10. The number of carbonyl (C=O) groups excluding carboxylic acids is 1. The van der Waals surface area contributed by atoms with E-state index in [0.29, 0.717) is 12.8 Å². The molecule has 3 heteroatoms. The lowest BCUT2D eigenvalue weighted by molar-refractivity contribution is -0.128. The second-order valence-electron chi connectivity index (χ2n) is 5.65. The van der Waals surface area contributed by atoms with Crippen LogP contribution in [0.5, 0.6) is 0 Å². The van der Waals surface area contributed by atoms with Gasteiger partial charge in [0.25, 0.3) is 0 Å². The van der Waals surface area contributed by atoms with Gasteiger partial charge < -0.3 is 10.2 Å². The Hall–Kier alpha value is -0.670. The van der Waals surface area contributed by atoms with E-state index in [2.05, 4.69) is 0 Å². The van der Waals surface area contributed by atoms with Gasteiger partial charge in [-0.05, 0) is 43.3 Å². The number of ketones is 1. The summed E-state index contributed by atoms with van der Waals surface area (Å²) in [7, 11) is 0. The van der Waals surface area contributed by atoms with Crippen molar-refractivity contribution in [2.24, 2.45) is 11.3 Å². The van der Waals surface area contributed by atoms with Gasteiger partial charge in [-0.25, -0.2) is 0 Å². The van der Waals surface area contributed by atoms with Gasteiger partial charge in [-0.15, -0.1) is 0 Å². The van der Waals surface area contributed by atoms with Crippen molar-refractivity contribution in [3.63, 3.8) is 0 Å². The average molecular weight is 226 g/mol. The number of allylic oxidation sites excluding steroid dienone is 1. The van der Waals surface area contributed by atoms with E-state index in [9.17, 15) is 15.0 Å². The van der Waals surface area contributed by atoms with Crippen molar-refractivity contribution in [1.29, 1.82) is 0 Å². The van der Waals surface area contributed by atoms with Gasteiger partial charge in [-0.2, -0.15) is 0 Å². The van der Waals surface area contributed by atoms with Crippen LogP contribution in [0, 0.1) is 11.3 Å². The van der Waals surface area contributed by atoms with Crippen molar-refractivity contribution in [3.8, 4) is 0 Å². The molecule has 0 aliphatic heterocycles. The van der Waals surface area contributed by atoms with Crippen LogP contribution in [0.2, 0.25) is 0 Å². The highest BCUT2D eigenvalue weighted by Gasteiger charge is 2.50. The van der Waals surface area contributed by atoms with E-state index in [-0.39, 0.29) is 17.8 Å². The maximum absolute atomic E-state index is 11.0. The van der Waals surface area contributed by atoms with Crippen LogP contribution >= 0.6 is 0 Å². The summed E-state index contributed by atoms with van der Waals surface area (Å²) in [6.45, 7) is 7.23. The third kappa shape index (κ3) is 2.36. The first kappa shape index (κ1) is 13.4. The van der Waals surface area contributed by atoms with Gasteiger partial charge in [0, 0.05) is 0 Å². The zero-order valence-electron chi connectivity index (χ0n) is 10.5. The fraction of sp³-hybridized carbons (Fsp3) is 0.769. The molecule has 0 aromatic heterocycles. The molecule has 0 aromatic carbocycles. The quantitative estimate of drug-likeness (QED) is 0.704. The minimum absolute atomic E-state index is 0.0538. The molecule has 16 heavy (non-hydrogen) atoms. The Morgan fingerprint density at radius 2 is 2.00 bits per heavy atom. The van der Waals surface area contributed by atoms with Gasteiger partial charge in [0.2, 0.25) is 0 Å². The summed E-state index contributed by atoms with van der Waals surface area (Å²) in [6, 6.07) is 0. The molecule has 0 amide bonds. The second kappa shape index (κ2) is 4.30. The monoisotopic (exact) mass is 226 g/mol. The van der Waals surface area contributed by atoms with Crippen molar-refractivity contribution >= 4 is 5.78 Å². The number of rotatable bonds is 2. The fourth-order valence-electron chi connectivity index (χ4n) is 2.72. The minimum Gasteiger partial charge on any atom is -0.393 e. The number of hydrogen-bond acceptors (Lipinski definition) is 3. The van der Waals surface area contributed by atoms with E-state index in [4.69, 9.17) is 0 Å². The Kier molecular flexibility index (Phi) is 3.60. The summed E-state index contributed by atoms with van der Waals surface area (Å²) < 4.78 is 0. The number of aliphatic hydroxyl groups is 2. The molecule has 1 fully saturated rings. The van der Waals surface area contributed by atoms with E-state index < -0.39 is 11.0 Å². The Morgan fingerprint density at radius 3 is 2.44 bits per heavy atom. The Labute approximate surface area is 97.2 Å². The van der Waals surface area contributed by atoms with Gasteiger partial charge in [0.15, 0.2) is 5.78 Å². The molecule has 0 bridgehead atoms. The second-order valence-corrected chi connectivity index (χ2v) is 5.65. The van der Waals surface area contributed by atoms with Crippen LogP contribution in [0.1, 0.15) is 40.5 Å². The molecule has 92 valence electrons. The molecular weight excluding hydrogens is 204 g/mol. The molecule has 0 aromatic rings. The van der Waals surface area contributed by atoms with Crippen molar-refractivity contribution in [2.75, 3.05) is 0 Å². The summed E-state index contributed by atoms with van der Waals surface area (Å²) in [5.41, 5.74) is -1.44. The number of aliphatic hydroxyl groups excluding tert-OH is 1. The van der Waals surface area contributed by atoms with Crippen molar-refractivity contribution in [1.82, 2.24) is 0 Å². The first-order valence-electron chi connectivity index (χ1n) is 5.79. The summed E-state index contributed by atoms with van der Waals surface area (Å²) in [6.07, 6.45) is 3.79. The molecule has 0 spiro atoms. The first-order chi connectivity index (χ1) is 7.19. The van der Waals surface area contributed by atoms with Crippen LogP contribution < -0.4 is 0 Å². The van der Waals surface area contributed by atoms with Gasteiger partial charge in [0.05, 0.1) is 11.7 Å². The SMILES string of the molecule is CC(=O)/C=C/[C@@]1(O)[C@@H](C)C[C@@H](O)CC1(C)C. The fourth-order valence-corrected chi connectivity index (χ4v) is 2.72. The van der Waals surface area contributed by atoms with E-state index in [1.54, 1.807) is 6.08 Å². The maximum Gasteiger partial charge on any atom is 0.152 e. The highest BCUT2D eigenvalue weighted by atomic mass is 16.3. The predicted octanol–water partition coefficient (Wildman–Crippen LogP) is 1.68. The Balaban J connectivity index is 3.02. The zero-order valence-corrected chi connectivity index (χ0v) is 10.5. The van der Waals surface area contributed by atoms with Crippen molar-refractivity contribution in [2.45, 2.75) is 52.2 Å². The largest absolute Gasteiger partial charge is 0.393 e. The van der Waals surface area contributed by atoms with Crippen LogP contribution in [-0.2, 0) is 4.79 Å². The van der Waals surface area contributed by atoms with Gasteiger partial charge >= 0.3 is 0 Å². The molecule has 3 atom stereocenters. The lowest BCUT2D eigenvalue weighted by Crippen LogP contribution is -2.54. The molecular formula is C13H22O3. The molecule has 0 heterocycles. The van der Waals surface area contributed by atoms with Crippen molar-refractivity contribution in [3.05, 3.63) is 12.2 Å². The first-order valence-corrected chi connectivity index (χ1v) is 5.79. The van der Waals surface area contributed by atoms with Gasteiger partial charge in [-0.1, -0.05) is 20.8 Å². The normalized spacial score (nSPS) is 38.9. The minimum atomic E-state index is -1.02. The van der Waals surface area contributed by atoms with E-state index in [1.165, 1.54) is 13.0 Å². The lowest BCUT2D eigenvalue weighted by atomic mass is 9.60. The third-order valence-corrected chi connectivity index (χ3v) is 3.78. The number of hydrogen-bond donors (Lipinski definition) is 2. The van der Waals surface area contributed by atoms with E-state index in [1.807, 2.05) is 20.8 Å². The molecule has 1 aliphatic carbocycles. The van der Waals surface area contributed by atoms with Gasteiger partial charge in [0.1, 0.15) is 0 Å². The topological polar surface area (TPSA) is 57.5 Å². The summed E-state index contributed by atoms with van der Waals surface area (Å²) >= 11 is 0. The van der Waals surface area contributed by atoms with Crippen LogP contribution in [0.4, 0.5) is 0 Å². The summed E-state index contributed by atoms with van der Waals surface area (Å²) in [5, 5.41) is 20.4. The highest BCUT2D eigenvalue weighted by molar-refractivity contribution is 5.87. The van der Waals surface area contributed by atoms with Crippen LogP contribution in [0.25, 0.3) is 0 Å². The molecule has 1 saturated carbocycles. The molecule has 1 rings (SSSR count).